The van der Waals surface area contributed by atoms with E-state index in [1.54, 1.807) is 6.92 Å². The Bertz CT molecular complexity index is 290. The van der Waals surface area contributed by atoms with Gasteiger partial charge >= 0.3 is 0 Å². The normalized spacial score (nSPS) is 10.5. The molecule has 80 valence electrons. The Morgan fingerprint density at radius 2 is 1.71 bits per heavy atom. The summed E-state index contributed by atoms with van der Waals surface area (Å²) in [6.45, 7) is 6.58. The summed E-state index contributed by atoms with van der Waals surface area (Å²) in [7, 11) is 0. The molecule has 0 N–H and O–H groups in total. The molecule has 0 aliphatic carbocycles. The molecule has 0 heterocycles. The molecule has 3 heteroatoms. The fraction of sp³-hybridized carbons (Fsp3) is 0.455. The first-order valence-electron chi connectivity index (χ1n) is 4.55. The second-order valence-corrected chi connectivity index (χ2v) is 3.26. The van der Waals surface area contributed by atoms with Gasteiger partial charge in [-0.2, -0.15) is 0 Å². The van der Waals surface area contributed by atoms with E-state index in [9.17, 15) is 8.78 Å². The van der Waals surface area contributed by atoms with Gasteiger partial charge in [-0.1, -0.05) is 31.5 Å². The highest BCUT2D eigenvalue weighted by Gasteiger charge is 2.24. The Kier molecular flexibility index (Phi) is 5.06. The van der Waals surface area contributed by atoms with Crippen LogP contribution in [0.2, 0.25) is 5.02 Å². The number of hydrogen-bond acceptors (Lipinski definition) is 0. The summed E-state index contributed by atoms with van der Waals surface area (Å²) in [6.07, 6.45) is 0. The van der Waals surface area contributed by atoms with E-state index in [4.69, 9.17) is 11.6 Å². The van der Waals surface area contributed by atoms with Gasteiger partial charge < -0.3 is 0 Å². The zero-order valence-corrected chi connectivity index (χ0v) is 9.62. The van der Waals surface area contributed by atoms with Crippen LogP contribution in [0.4, 0.5) is 8.78 Å². The van der Waals surface area contributed by atoms with Crippen LogP contribution in [0.25, 0.3) is 0 Å². The Morgan fingerprint density at radius 1 is 1.21 bits per heavy atom. The van der Waals surface area contributed by atoms with Crippen LogP contribution >= 0.6 is 11.6 Å². The van der Waals surface area contributed by atoms with E-state index in [0.29, 0.717) is 10.6 Å². The van der Waals surface area contributed by atoms with Gasteiger partial charge in [0.25, 0.3) is 5.92 Å². The van der Waals surface area contributed by atoms with Crippen molar-refractivity contribution in [3.8, 4) is 0 Å². The number of hydrogen-bond donors (Lipinski definition) is 0. The van der Waals surface area contributed by atoms with Crippen molar-refractivity contribution in [2.24, 2.45) is 0 Å². The highest BCUT2D eigenvalue weighted by Crippen LogP contribution is 2.29. The number of benzene rings is 1. The minimum Gasteiger partial charge on any atom is -0.202 e. The quantitative estimate of drug-likeness (QED) is 0.639. The molecule has 0 radical (unpaired) electrons. The van der Waals surface area contributed by atoms with E-state index in [-0.39, 0.29) is 5.56 Å². The van der Waals surface area contributed by atoms with Crippen molar-refractivity contribution in [3.63, 3.8) is 0 Å². The Hall–Kier alpha value is -0.630. The monoisotopic (exact) mass is 220 g/mol. The van der Waals surface area contributed by atoms with Crippen LogP contribution in [0.1, 0.15) is 31.9 Å². The standard InChI is InChI=1S/C9H9ClF2.C2H6/c1-6-5-7(9(2,11)12)3-4-8(6)10;1-2/h3-5H,1-2H3;1-2H3. The Labute approximate surface area is 88.9 Å². The number of aryl methyl sites for hydroxylation is 1. The van der Waals surface area contributed by atoms with Crippen molar-refractivity contribution < 1.29 is 8.78 Å². The summed E-state index contributed by atoms with van der Waals surface area (Å²) in [5.41, 5.74) is 0.681. The SMILES string of the molecule is CC.Cc1cc(C(C)(F)F)ccc1Cl. The molecular formula is C11H15ClF2. The predicted octanol–water partition coefficient (Wildman–Crippen LogP) is 4.79. The highest BCUT2D eigenvalue weighted by molar-refractivity contribution is 6.31. The lowest BCUT2D eigenvalue weighted by molar-refractivity contribution is 0.0174. The van der Waals surface area contributed by atoms with E-state index in [1.807, 2.05) is 13.8 Å². The molecule has 1 aromatic rings. The lowest BCUT2D eigenvalue weighted by atomic mass is 10.1. The molecule has 1 aromatic carbocycles. The Balaban J connectivity index is 0.000000791. The van der Waals surface area contributed by atoms with Gasteiger partial charge in [0.15, 0.2) is 0 Å². The van der Waals surface area contributed by atoms with E-state index in [0.717, 1.165) is 6.92 Å². The summed E-state index contributed by atoms with van der Waals surface area (Å²) < 4.78 is 25.4. The molecule has 0 nitrogen and oxygen atoms in total. The summed E-state index contributed by atoms with van der Waals surface area (Å²) in [5, 5.41) is 0.517. The molecule has 0 saturated heterocycles. The minimum atomic E-state index is -2.78. The molecule has 0 aliphatic heterocycles. The van der Waals surface area contributed by atoms with Crippen LogP contribution in [0, 0.1) is 6.92 Å². The minimum absolute atomic E-state index is 0.00407. The fourth-order valence-corrected chi connectivity index (χ4v) is 1.04. The average molecular weight is 221 g/mol. The molecule has 0 unspecified atom stereocenters. The van der Waals surface area contributed by atoms with Crippen molar-refractivity contribution in [1.29, 1.82) is 0 Å². The van der Waals surface area contributed by atoms with Gasteiger partial charge in [-0.15, -0.1) is 0 Å². The van der Waals surface area contributed by atoms with Crippen molar-refractivity contribution in [3.05, 3.63) is 34.3 Å². The first-order valence-corrected chi connectivity index (χ1v) is 4.93. The van der Waals surface area contributed by atoms with Gasteiger partial charge in [0.1, 0.15) is 0 Å². The molecule has 0 aliphatic rings. The smallest absolute Gasteiger partial charge is 0.202 e. The van der Waals surface area contributed by atoms with Gasteiger partial charge in [0.2, 0.25) is 0 Å². The third kappa shape index (κ3) is 3.62. The zero-order chi connectivity index (χ0) is 11.4. The zero-order valence-electron chi connectivity index (χ0n) is 8.87. The lowest BCUT2D eigenvalue weighted by Crippen LogP contribution is -2.06. The molecule has 1 rings (SSSR count). The number of rotatable bonds is 1. The van der Waals surface area contributed by atoms with Crippen LogP contribution in [0.3, 0.4) is 0 Å². The fourth-order valence-electron chi connectivity index (χ4n) is 0.918. The highest BCUT2D eigenvalue weighted by atomic mass is 35.5. The first kappa shape index (κ1) is 13.4. The van der Waals surface area contributed by atoms with Crippen LogP contribution in [-0.4, -0.2) is 0 Å². The van der Waals surface area contributed by atoms with Crippen molar-refractivity contribution in [2.75, 3.05) is 0 Å². The second-order valence-electron chi connectivity index (χ2n) is 2.85. The van der Waals surface area contributed by atoms with Crippen LogP contribution in [0.15, 0.2) is 18.2 Å². The van der Waals surface area contributed by atoms with Crippen molar-refractivity contribution in [1.82, 2.24) is 0 Å². The van der Waals surface area contributed by atoms with E-state index < -0.39 is 5.92 Å². The molecule has 0 aromatic heterocycles. The van der Waals surface area contributed by atoms with Gasteiger partial charge in [-0.3, -0.25) is 0 Å². The maximum atomic E-state index is 12.7. The van der Waals surface area contributed by atoms with Crippen molar-refractivity contribution in [2.45, 2.75) is 33.6 Å². The summed E-state index contributed by atoms with van der Waals surface area (Å²) >= 11 is 5.69. The van der Waals surface area contributed by atoms with E-state index in [1.165, 1.54) is 18.2 Å². The first-order chi connectivity index (χ1) is 6.41. The molecule has 0 spiro atoms. The molecule has 14 heavy (non-hydrogen) atoms. The molecule has 0 atom stereocenters. The lowest BCUT2D eigenvalue weighted by Gasteiger charge is -2.11. The third-order valence-corrected chi connectivity index (χ3v) is 2.09. The van der Waals surface area contributed by atoms with Gasteiger partial charge in [0, 0.05) is 17.5 Å². The van der Waals surface area contributed by atoms with Crippen LogP contribution in [0.5, 0.6) is 0 Å². The summed E-state index contributed by atoms with van der Waals surface area (Å²) in [6, 6.07) is 4.24. The van der Waals surface area contributed by atoms with Gasteiger partial charge in [-0.25, -0.2) is 8.78 Å². The second kappa shape index (κ2) is 5.30. The predicted molar refractivity (Wildman–Crippen MR) is 57.1 cm³/mol. The van der Waals surface area contributed by atoms with Crippen LogP contribution in [-0.2, 0) is 5.92 Å². The summed E-state index contributed by atoms with van der Waals surface area (Å²) in [5.74, 6) is -2.78. The average Bonchev–Trinajstić information content (AvgIpc) is 2.11. The maximum Gasteiger partial charge on any atom is 0.270 e. The summed E-state index contributed by atoms with van der Waals surface area (Å²) in [4.78, 5) is 0. The molecule has 0 fully saturated rings. The molecular weight excluding hydrogens is 206 g/mol. The molecule has 0 saturated carbocycles. The van der Waals surface area contributed by atoms with Crippen LogP contribution < -0.4 is 0 Å². The van der Waals surface area contributed by atoms with E-state index >= 15 is 0 Å². The Morgan fingerprint density at radius 3 is 2.07 bits per heavy atom. The maximum absolute atomic E-state index is 12.7. The van der Waals surface area contributed by atoms with Gasteiger partial charge in [-0.05, 0) is 24.6 Å². The van der Waals surface area contributed by atoms with E-state index in [2.05, 4.69) is 0 Å². The topological polar surface area (TPSA) is 0 Å². The largest absolute Gasteiger partial charge is 0.270 e. The molecule has 0 amide bonds. The number of alkyl halides is 2. The number of halogens is 3. The third-order valence-electron chi connectivity index (χ3n) is 1.66. The van der Waals surface area contributed by atoms with Crippen molar-refractivity contribution >= 4 is 11.6 Å². The van der Waals surface area contributed by atoms with Gasteiger partial charge in [0.05, 0.1) is 0 Å². The molecule has 0 bridgehead atoms.